The van der Waals surface area contributed by atoms with Crippen molar-refractivity contribution in [3.05, 3.63) is 23.9 Å². The molecular formula is C19H29N3O2. The van der Waals surface area contributed by atoms with Crippen LogP contribution >= 0.6 is 0 Å². The molecular weight excluding hydrogens is 302 g/mol. The van der Waals surface area contributed by atoms with Crippen LogP contribution in [0.3, 0.4) is 0 Å². The van der Waals surface area contributed by atoms with Crippen LogP contribution in [0.25, 0.3) is 0 Å². The minimum atomic E-state index is -0.458. The Labute approximate surface area is 145 Å². The van der Waals surface area contributed by atoms with Gasteiger partial charge in [0.2, 0.25) is 0 Å². The van der Waals surface area contributed by atoms with Crippen LogP contribution in [0.1, 0.15) is 64.5 Å². The van der Waals surface area contributed by atoms with Crippen molar-refractivity contribution in [1.82, 2.24) is 9.88 Å². The summed E-state index contributed by atoms with van der Waals surface area (Å²) in [5, 5.41) is 0. The van der Waals surface area contributed by atoms with Crippen LogP contribution < -0.4 is 4.90 Å². The molecule has 0 radical (unpaired) electrons. The molecule has 1 aromatic heterocycles. The van der Waals surface area contributed by atoms with Crippen molar-refractivity contribution in [2.75, 3.05) is 24.5 Å². The number of nitrogens with zero attached hydrogens (tertiary/aromatic N) is 3. The van der Waals surface area contributed by atoms with Crippen molar-refractivity contribution in [1.29, 1.82) is 0 Å². The van der Waals surface area contributed by atoms with Gasteiger partial charge in [-0.15, -0.1) is 0 Å². The first-order valence-electron chi connectivity index (χ1n) is 9.14. The van der Waals surface area contributed by atoms with E-state index >= 15 is 0 Å². The number of likely N-dealkylation sites (tertiary alicyclic amines) is 1. The molecule has 5 nitrogen and oxygen atoms in total. The Hall–Kier alpha value is -1.78. The van der Waals surface area contributed by atoms with E-state index in [2.05, 4.69) is 22.0 Å². The van der Waals surface area contributed by atoms with Crippen LogP contribution in [0.2, 0.25) is 0 Å². The number of carbonyl (C=O) groups is 1. The highest BCUT2D eigenvalue weighted by Gasteiger charge is 2.33. The van der Waals surface area contributed by atoms with E-state index < -0.39 is 5.60 Å². The van der Waals surface area contributed by atoms with E-state index in [1.54, 1.807) is 0 Å². The smallest absolute Gasteiger partial charge is 0.410 e. The number of aromatic nitrogens is 1. The highest BCUT2D eigenvalue weighted by Crippen LogP contribution is 2.33. The van der Waals surface area contributed by atoms with Gasteiger partial charge in [-0.2, -0.15) is 0 Å². The third kappa shape index (κ3) is 4.00. The summed E-state index contributed by atoms with van der Waals surface area (Å²) in [6.45, 7) is 8.67. The van der Waals surface area contributed by atoms with Crippen molar-refractivity contribution in [3.63, 3.8) is 0 Å². The summed E-state index contributed by atoms with van der Waals surface area (Å²) in [4.78, 5) is 21.3. The lowest BCUT2D eigenvalue weighted by Crippen LogP contribution is -2.36. The molecule has 1 amide bonds. The number of carbonyl (C=O) groups excluding carboxylic acids is 1. The van der Waals surface area contributed by atoms with E-state index in [-0.39, 0.29) is 12.1 Å². The number of anilines is 1. The van der Waals surface area contributed by atoms with Crippen LogP contribution in [0, 0.1) is 0 Å². The molecule has 0 spiro atoms. The molecule has 2 aliphatic heterocycles. The molecule has 3 heterocycles. The molecule has 0 N–H and O–H groups in total. The third-order valence-electron chi connectivity index (χ3n) is 4.72. The number of piperidine rings is 1. The lowest BCUT2D eigenvalue weighted by Gasteiger charge is -2.30. The molecule has 3 rings (SSSR count). The zero-order chi connectivity index (χ0) is 17.2. The van der Waals surface area contributed by atoms with Crippen molar-refractivity contribution in [2.45, 2.75) is 64.5 Å². The number of amides is 1. The van der Waals surface area contributed by atoms with E-state index in [1.165, 1.54) is 19.3 Å². The quantitative estimate of drug-likeness (QED) is 0.817. The maximum absolute atomic E-state index is 12.4. The number of rotatable bonds is 2. The van der Waals surface area contributed by atoms with E-state index in [9.17, 15) is 4.79 Å². The molecule has 0 saturated carbocycles. The van der Waals surface area contributed by atoms with Gasteiger partial charge in [-0.05, 0) is 64.5 Å². The van der Waals surface area contributed by atoms with Crippen molar-refractivity contribution < 1.29 is 9.53 Å². The highest BCUT2D eigenvalue weighted by molar-refractivity contribution is 5.69. The number of hydrogen-bond acceptors (Lipinski definition) is 4. The zero-order valence-electron chi connectivity index (χ0n) is 15.1. The second-order valence-electron chi connectivity index (χ2n) is 7.83. The standard InChI is InChI=1S/C19H29N3O2/c1-19(2,3)24-18(23)22-13-7-8-16(22)15-9-10-17(20-14-15)21-11-5-4-6-12-21/h9-10,14,16H,4-8,11-13H2,1-3H3/t16-/m0/s1. The van der Waals surface area contributed by atoms with Crippen LogP contribution in [0.4, 0.5) is 10.6 Å². The summed E-state index contributed by atoms with van der Waals surface area (Å²) < 4.78 is 5.55. The Kier molecular flexibility index (Phi) is 4.97. The predicted octanol–water partition coefficient (Wildman–Crippen LogP) is 4.14. The van der Waals surface area contributed by atoms with Gasteiger partial charge >= 0.3 is 6.09 Å². The summed E-state index contributed by atoms with van der Waals surface area (Å²) >= 11 is 0. The number of hydrogen-bond donors (Lipinski definition) is 0. The first kappa shape index (κ1) is 17.1. The van der Waals surface area contributed by atoms with Gasteiger partial charge in [0.25, 0.3) is 0 Å². The topological polar surface area (TPSA) is 45.7 Å². The molecule has 0 aromatic carbocycles. The third-order valence-corrected chi connectivity index (χ3v) is 4.72. The van der Waals surface area contributed by atoms with E-state index in [4.69, 9.17) is 4.74 Å². The first-order chi connectivity index (χ1) is 11.4. The number of pyridine rings is 1. The van der Waals surface area contributed by atoms with Gasteiger partial charge in [-0.25, -0.2) is 9.78 Å². The fraction of sp³-hybridized carbons (Fsp3) is 0.684. The van der Waals surface area contributed by atoms with Crippen molar-refractivity contribution in [2.24, 2.45) is 0 Å². The van der Waals surface area contributed by atoms with Gasteiger partial charge in [0.05, 0.1) is 6.04 Å². The van der Waals surface area contributed by atoms with Gasteiger partial charge in [-0.1, -0.05) is 6.07 Å². The van der Waals surface area contributed by atoms with E-state index in [0.717, 1.165) is 43.9 Å². The van der Waals surface area contributed by atoms with Gasteiger partial charge in [0, 0.05) is 25.8 Å². The lowest BCUT2D eigenvalue weighted by molar-refractivity contribution is 0.0224. The van der Waals surface area contributed by atoms with E-state index in [1.807, 2.05) is 31.9 Å². The van der Waals surface area contributed by atoms with Gasteiger partial charge in [0.15, 0.2) is 0 Å². The Balaban J connectivity index is 1.69. The lowest BCUT2D eigenvalue weighted by atomic mass is 10.1. The van der Waals surface area contributed by atoms with E-state index in [0.29, 0.717) is 0 Å². The maximum atomic E-state index is 12.4. The minimum Gasteiger partial charge on any atom is -0.444 e. The fourth-order valence-corrected chi connectivity index (χ4v) is 3.56. The molecule has 0 bridgehead atoms. The molecule has 132 valence electrons. The summed E-state index contributed by atoms with van der Waals surface area (Å²) in [5.41, 5.74) is 0.653. The average molecular weight is 331 g/mol. The minimum absolute atomic E-state index is 0.0859. The molecule has 24 heavy (non-hydrogen) atoms. The molecule has 0 unspecified atom stereocenters. The highest BCUT2D eigenvalue weighted by atomic mass is 16.6. The Morgan fingerprint density at radius 3 is 2.50 bits per heavy atom. The number of ether oxygens (including phenoxy) is 1. The van der Waals surface area contributed by atoms with Gasteiger partial charge in [-0.3, -0.25) is 0 Å². The molecule has 1 aromatic rings. The largest absolute Gasteiger partial charge is 0.444 e. The maximum Gasteiger partial charge on any atom is 0.410 e. The normalized spacial score (nSPS) is 21.9. The van der Waals surface area contributed by atoms with Crippen molar-refractivity contribution in [3.8, 4) is 0 Å². The monoisotopic (exact) mass is 331 g/mol. The van der Waals surface area contributed by atoms with Crippen molar-refractivity contribution >= 4 is 11.9 Å². The molecule has 2 saturated heterocycles. The van der Waals surface area contributed by atoms with Gasteiger partial charge in [0.1, 0.15) is 11.4 Å². The Morgan fingerprint density at radius 1 is 1.12 bits per heavy atom. The summed E-state index contributed by atoms with van der Waals surface area (Å²) in [5.74, 6) is 1.06. The van der Waals surface area contributed by atoms with Crippen LogP contribution in [-0.2, 0) is 4.74 Å². The second kappa shape index (κ2) is 6.99. The first-order valence-corrected chi connectivity index (χ1v) is 9.14. The Morgan fingerprint density at radius 2 is 1.88 bits per heavy atom. The SMILES string of the molecule is CC(C)(C)OC(=O)N1CCC[C@H]1c1ccc(N2CCCCC2)nc1. The molecule has 5 heteroatoms. The molecule has 2 fully saturated rings. The Bertz CT molecular complexity index is 559. The molecule has 0 aliphatic carbocycles. The van der Waals surface area contributed by atoms with Crippen LogP contribution in [0.5, 0.6) is 0 Å². The molecule has 1 atom stereocenters. The zero-order valence-corrected chi connectivity index (χ0v) is 15.1. The van der Waals surface area contributed by atoms with Gasteiger partial charge < -0.3 is 14.5 Å². The summed E-state index contributed by atoms with van der Waals surface area (Å²) in [6, 6.07) is 4.32. The van der Waals surface area contributed by atoms with Crippen LogP contribution in [-0.4, -0.2) is 41.2 Å². The molecule has 2 aliphatic rings. The summed E-state index contributed by atoms with van der Waals surface area (Å²) in [7, 11) is 0. The van der Waals surface area contributed by atoms with Crippen LogP contribution in [0.15, 0.2) is 18.3 Å². The summed E-state index contributed by atoms with van der Waals surface area (Å²) in [6.07, 6.45) is 7.53. The fourth-order valence-electron chi connectivity index (χ4n) is 3.56. The average Bonchev–Trinajstić information content (AvgIpc) is 3.04. The predicted molar refractivity (Wildman–Crippen MR) is 95.2 cm³/mol. The second-order valence-corrected chi connectivity index (χ2v) is 7.83.